The molecule has 0 aromatic heterocycles. The second-order valence-corrected chi connectivity index (χ2v) is 10.2. The highest BCUT2D eigenvalue weighted by Gasteiger charge is 2.18. The summed E-state index contributed by atoms with van der Waals surface area (Å²) in [5.74, 6) is -2.79. The molecule has 0 aliphatic rings. The van der Waals surface area contributed by atoms with Crippen molar-refractivity contribution in [1.82, 2.24) is 0 Å². The molecule has 0 saturated carbocycles. The van der Waals surface area contributed by atoms with Gasteiger partial charge in [0.05, 0.1) is 17.9 Å². The molecule has 196 valence electrons. The minimum Gasteiger partial charge on any atom is -0.494 e. The van der Waals surface area contributed by atoms with Crippen LogP contribution in [-0.2, 0) is 14.8 Å². The number of rotatable bonds is 11. The summed E-state index contributed by atoms with van der Waals surface area (Å²) in [6.45, 7) is 1.42. The molecule has 3 aromatic rings. The molecule has 12 heteroatoms. The first kappa shape index (κ1) is 28.0. The van der Waals surface area contributed by atoms with Gasteiger partial charge in [0, 0.05) is 22.3 Å². The summed E-state index contributed by atoms with van der Waals surface area (Å²) in [6.07, 6.45) is 0.233. The van der Waals surface area contributed by atoms with Gasteiger partial charge in [0.15, 0.2) is 12.4 Å². The van der Waals surface area contributed by atoms with E-state index in [-0.39, 0.29) is 40.7 Å². The maximum atomic E-state index is 13.6. The van der Waals surface area contributed by atoms with E-state index in [1.165, 1.54) is 18.2 Å². The van der Waals surface area contributed by atoms with Crippen molar-refractivity contribution in [2.45, 2.75) is 13.3 Å². The van der Waals surface area contributed by atoms with E-state index >= 15 is 0 Å². The van der Waals surface area contributed by atoms with Crippen LogP contribution in [0.4, 0.5) is 14.5 Å². The van der Waals surface area contributed by atoms with Crippen molar-refractivity contribution in [1.29, 1.82) is 0 Å². The van der Waals surface area contributed by atoms with Crippen LogP contribution in [0.3, 0.4) is 0 Å². The average Bonchev–Trinajstić information content (AvgIpc) is 2.81. The lowest BCUT2D eigenvalue weighted by atomic mass is 10.0. The SMILES string of the molecule is Cc1cc(OCCCS(N)(=O)=O)ccc1NC(=O)COc1ccc(Cl)cc1C(=O)c1cc(F)cc(F)c1. The van der Waals surface area contributed by atoms with Crippen molar-refractivity contribution in [3.05, 3.63) is 87.9 Å². The fourth-order valence-corrected chi connectivity index (χ4v) is 3.98. The van der Waals surface area contributed by atoms with E-state index in [2.05, 4.69) is 5.32 Å². The van der Waals surface area contributed by atoms with Gasteiger partial charge in [-0.05, 0) is 67.4 Å². The molecule has 0 heterocycles. The number of hydrogen-bond acceptors (Lipinski definition) is 6. The summed E-state index contributed by atoms with van der Waals surface area (Å²) in [7, 11) is -3.55. The van der Waals surface area contributed by atoms with Gasteiger partial charge in [0.2, 0.25) is 10.0 Å². The van der Waals surface area contributed by atoms with Gasteiger partial charge in [-0.1, -0.05) is 11.6 Å². The van der Waals surface area contributed by atoms with Crippen LogP contribution in [0.15, 0.2) is 54.6 Å². The van der Waals surface area contributed by atoms with Crippen LogP contribution in [0.2, 0.25) is 5.02 Å². The molecular formula is C25H23ClF2N2O6S. The molecule has 0 unspecified atom stereocenters. The zero-order valence-corrected chi connectivity index (χ0v) is 21.2. The first-order chi connectivity index (χ1) is 17.4. The number of amides is 1. The van der Waals surface area contributed by atoms with Gasteiger partial charge in [-0.2, -0.15) is 0 Å². The van der Waals surface area contributed by atoms with Crippen LogP contribution in [0, 0.1) is 18.6 Å². The topological polar surface area (TPSA) is 125 Å². The maximum Gasteiger partial charge on any atom is 0.262 e. The molecule has 0 fully saturated rings. The number of carbonyl (C=O) groups is 2. The van der Waals surface area contributed by atoms with Crippen molar-refractivity contribution in [2.24, 2.45) is 5.14 Å². The Morgan fingerprint density at radius 2 is 1.70 bits per heavy atom. The number of anilines is 1. The van der Waals surface area contributed by atoms with E-state index in [4.69, 9.17) is 26.2 Å². The number of halogens is 3. The minimum absolute atomic E-state index is 0.00850. The lowest BCUT2D eigenvalue weighted by molar-refractivity contribution is -0.118. The van der Waals surface area contributed by atoms with E-state index in [0.29, 0.717) is 23.1 Å². The normalized spacial score (nSPS) is 11.2. The standard InChI is InChI=1S/C25H23ClF2N2O6S/c1-15-9-20(35-7-2-8-37(29,33)34)4-5-22(15)30-24(31)14-36-23-6-3-17(26)12-21(23)25(32)16-10-18(27)13-19(28)11-16/h3-6,9-13H,2,7-8,14H2,1H3,(H,30,31)(H2,29,33,34). The highest BCUT2D eigenvalue weighted by atomic mass is 35.5. The second kappa shape index (κ2) is 12.1. The molecule has 0 aliphatic carbocycles. The fraction of sp³-hybridized carbons (Fsp3) is 0.200. The Morgan fingerprint density at radius 1 is 1.00 bits per heavy atom. The molecule has 3 aromatic carbocycles. The van der Waals surface area contributed by atoms with E-state index < -0.39 is 40.0 Å². The molecule has 37 heavy (non-hydrogen) atoms. The third-order valence-electron chi connectivity index (χ3n) is 4.98. The Labute approximate surface area is 217 Å². The van der Waals surface area contributed by atoms with Crippen LogP contribution < -0.4 is 19.9 Å². The number of hydrogen-bond donors (Lipinski definition) is 2. The molecule has 0 spiro atoms. The quantitative estimate of drug-likeness (QED) is 0.271. The van der Waals surface area contributed by atoms with Gasteiger partial charge >= 0.3 is 0 Å². The Hall–Kier alpha value is -3.54. The van der Waals surface area contributed by atoms with Gasteiger partial charge in [0.25, 0.3) is 5.91 Å². The van der Waals surface area contributed by atoms with Crippen LogP contribution in [-0.4, -0.2) is 39.1 Å². The first-order valence-electron chi connectivity index (χ1n) is 10.9. The third-order valence-corrected chi connectivity index (χ3v) is 6.08. The van der Waals surface area contributed by atoms with E-state index in [0.717, 1.165) is 12.1 Å². The molecular weight excluding hydrogens is 530 g/mol. The summed E-state index contributed by atoms with van der Waals surface area (Å²) < 4.78 is 60.1. The number of sulfonamides is 1. The zero-order valence-electron chi connectivity index (χ0n) is 19.6. The van der Waals surface area contributed by atoms with Gasteiger partial charge in [0.1, 0.15) is 23.1 Å². The summed E-state index contributed by atoms with van der Waals surface area (Å²) in [5, 5.41) is 7.82. The Bertz CT molecular complexity index is 1410. The summed E-state index contributed by atoms with van der Waals surface area (Å²) >= 11 is 5.99. The summed E-state index contributed by atoms with van der Waals surface area (Å²) in [5.41, 5.74) is 0.850. The van der Waals surface area contributed by atoms with Crippen molar-refractivity contribution >= 4 is 39.0 Å². The summed E-state index contributed by atoms with van der Waals surface area (Å²) in [4.78, 5) is 25.3. The third kappa shape index (κ3) is 8.52. The first-order valence-corrected chi connectivity index (χ1v) is 13.0. The second-order valence-electron chi connectivity index (χ2n) is 8.01. The van der Waals surface area contributed by atoms with Crippen molar-refractivity contribution in [3.63, 3.8) is 0 Å². The van der Waals surface area contributed by atoms with Gasteiger partial charge in [-0.15, -0.1) is 0 Å². The Morgan fingerprint density at radius 3 is 2.35 bits per heavy atom. The van der Waals surface area contributed by atoms with E-state index in [1.54, 1.807) is 25.1 Å². The average molecular weight is 553 g/mol. The number of aryl methyl sites for hydroxylation is 1. The number of ketones is 1. The number of carbonyl (C=O) groups excluding carboxylic acids is 2. The van der Waals surface area contributed by atoms with Gasteiger partial charge < -0.3 is 14.8 Å². The molecule has 0 bridgehead atoms. The van der Waals surface area contributed by atoms with E-state index in [1.807, 2.05) is 0 Å². The number of benzene rings is 3. The van der Waals surface area contributed by atoms with Crippen LogP contribution >= 0.6 is 11.6 Å². The number of nitrogens with one attached hydrogen (secondary N) is 1. The maximum absolute atomic E-state index is 13.6. The fourth-order valence-electron chi connectivity index (χ4n) is 3.29. The predicted octanol–water partition coefficient (Wildman–Crippen LogP) is 4.23. The smallest absolute Gasteiger partial charge is 0.262 e. The lowest BCUT2D eigenvalue weighted by Crippen LogP contribution is -2.21. The van der Waals surface area contributed by atoms with Crippen molar-refractivity contribution in [2.75, 3.05) is 24.3 Å². The van der Waals surface area contributed by atoms with Crippen LogP contribution in [0.5, 0.6) is 11.5 Å². The molecule has 0 radical (unpaired) electrons. The summed E-state index contributed by atoms with van der Waals surface area (Å²) in [6, 6.07) is 11.4. The van der Waals surface area contributed by atoms with Gasteiger partial charge in [-0.3, -0.25) is 9.59 Å². The van der Waals surface area contributed by atoms with Crippen molar-refractivity contribution in [3.8, 4) is 11.5 Å². The Kier molecular flexibility index (Phi) is 9.19. The minimum atomic E-state index is -3.55. The predicted molar refractivity (Wildman–Crippen MR) is 135 cm³/mol. The molecule has 8 nitrogen and oxygen atoms in total. The highest BCUT2D eigenvalue weighted by molar-refractivity contribution is 7.89. The molecule has 0 aliphatic heterocycles. The van der Waals surface area contributed by atoms with Crippen LogP contribution in [0.25, 0.3) is 0 Å². The number of nitrogens with two attached hydrogens (primary N) is 1. The van der Waals surface area contributed by atoms with Crippen molar-refractivity contribution < 1.29 is 36.3 Å². The molecule has 3 rings (SSSR count). The van der Waals surface area contributed by atoms with E-state index in [9.17, 15) is 26.8 Å². The highest BCUT2D eigenvalue weighted by Crippen LogP contribution is 2.27. The largest absolute Gasteiger partial charge is 0.494 e. The number of ether oxygens (including phenoxy) is 2. The molecule has 0 saturated heterocycles. The molecule has 3 N–H and O–H groups in total. The van der Waals surface area contributed by atoms with Crippen LogP contribution in [0.1, 0.15) is 27.9 Å². The number of primary sulfonamides is 1. The monoisotopic (exact) mass is 552 g/mol. The molecule has 1 amide bonds. The molecule has 0 atom stereocenters. The van der Waals surface area contributed by atoms with Gasteiger partial charge in [-0.25, -0.2) is 22.3 Å². The Balaban J connectivity index is 1.63. The lowest BCUT2D eigenvalue weighted by Gasteiger charge is -2.13. The zero-order chi connectivity index (χ0) is 27.2.